The molecule has 0 radical (unpaired) electrons. The number of carbonyl (C=O) groups excluding carboxylic acids is 1. The lowest BCUT2D eigenvalue weighted by Gasteiger charge is -2.35. The Morgan fingerprint density at radius 1 is 1.00 bits per heavy atom. The molecule has 0 spiro atoms. The summed E-state index contributed by atoms with van der Waals surface area (Å²) in [6.07, 6.45) is 2.65. The summed E-state index contributed by atoms with van der Waals surface area (Å²) in [5, 5.41) is 1.12. The maximum Gasteiger partial charge on any atom is 0.253 e. The highest BCUT2D eigenvalue weighted by molar-refractivity contribution is 7.18. The monoisotopic (exact) mass is 472 g/mol. The third kappa shape index (κ3) is 4.23. The average molecular weight is 473 g/mol. The first-order valence-electron chi connectivity index (χ1n) is 11.6. The van der Waals surface area contributed by atoms with Crippen LogP contribution in [0.15, 0.2) is 54.9 Å². The Labute approximate surface area is 203 Å². The van der Waals surface area contributed by atoms with E-state index < -0.39 is 0 Å². The van der Waals surface area contributed by atoms with Gasteiger partial charge in [-0.15, -0.1) is 11.3 Å². The molecule has 7 heteroatoms. The van der Waals surface area contributed by atoms with E-state index in [0.717, 1.165) is 63.5 Å². The van der Waals surface area contributed by atoms with Gasteiger partial charge < -0.3 is 14.5 Å². The third-order valence-corrected chi connectivity index (χ3v) is 7.62. The molecule has 0 unspecified atom stereocenters. The van der Waals surface area contributed by atoms with Crippen LogP contribution in [0.1, 0.15) is 27.7 Å². The Bertz CT molecular complexity index is 1320. The lowest BCUT2D eigenvalue weighted by molar-refractivity contribution is 0.0746. The van der Waals surface area contributed by atoms with Crippen LogP contribution >= 0.6 is 11.3 Å². The van der Waals surface area contributed by atoms with Crippen LogP contribution in [0.25, 0.3) is 21.3 Å². The quantitative estimate of drug-likeness (QED) is 0.400. The molecule has 2 aromatic carbocycles. The van der Waals surface area contributed by atoms with Crippen LogP contribution in [0, 0.1) is 6.92 Å². The number of carbonyl (C=O) groups is 1. The van der Waals surface area contributed by atoms with Crippen molar-refractivity contribution in [3.63, 3.8) is 0 Å². The minimum Gasteiger partial charge on any atom is -0.496 e. The molecule has 3 heterocycles. The van der Waals surface area contributed by atoms with Gasteiger partial charge in [0.15, 0.2) is 0 Å². The standard InChI is InChI=1S/C27H28N4O2S/c1-4-22-16-23-25(28-17-29-26(23)34-22)30-11-13-31(14-12-30)27(32)20-7-5-19(6-8-20)21-9-10-24(33-3)18(2)15-21/h5-10,15-17H,4,11-14H2,1-3H3. The maximum absolute atomic E-state index is 13.1. The van der Waals surface area contributed by atoms with Crippen LogP contribution in [0.4, 0.5) is 5.82 Å². The Morgan fingerprint density at radius 3 is 2.41 bits per heavy atom. The van der Waals surface area contributed by atoms with E-state index in [2.05, 4.69) is 33.9 Å². The smallest absolute Gasteiger partial charge is 0.253 e. The predicted octanol–water partition coefficient (Wildman–Crippen LogP) is 5.20. The number of methoxy groups -OCH3 is 1. The first kappa shape index (κ1) is 22.3. The van der Waals surface area contributed by atoms with E-state index >= 15 is 0 Å². The molecule has 1 aliphatic heterocycles. The van der Waals surface area contributed by atoms with Crippen molar-refractivity contribution < 1.29 is 9.53 Å². The van der Waals surface area contributed by atoms with Crippen molar-refractivity contribution >= 4 is 33.3 Å². The van der Waals surface area contributed by atoms with Gasteiger partial charge in [0.2, 0.25) is 0 Å². The zero-order chi connectivity index (χ0) is 23.7. The predicted molar refractivity (Wildman–Crippen MR) is 138 cm³/mol. The van der Waals surface area contributed by atoms with Gasteiger partial charge in [-0.25, -0.2) is 9.97 Å². The van der Waals surface area contributed by atoms with Crippen LogP contribution < -0.4 is 9.64 Å². The van der Waals surface area contributed by atoms with E-state index in [1.807, 2.05) is 48.2 Å². The number of thiophene rings is 1. The zero-order valence-corrected chi connectivity index (χ0v) is 20.6. The summed E-state index contributed by atoms with van der Waals surface area (Å²) in [6.45, 7) is 7.07. The molecule has 2 aromatic heterocycles. The third-order valence-electron chi connectivity index (χ3n) is 6.43. The molecule has 34 heavy (non-hydrogen) atoms. The lowest BCUT2D eigenvalue weighted by atomic mass is 10.0. The molecular formula is C27H28N4O2S. The normalized spacial score (nSPS) is 14.0. The molecule has 0 aliphatic carbocycles. The second-order valence-corrected chi connectivity index (χ2v) is 9.64. The van der Waals surface area contributed by atoms with Gasteiger partial charge in [0.05, 0.1) is 12.5 Å². The van der Waals surface area contributed by atoms with Gasteiger partial charge in [-0.1, -0.05) is 25.1 Å². The highest BCUT2D eigenvalue weighted by Gasteiger charge is 2.24. The number of anilines is 1. The van der Waals surface area contributed by atoms with E-state index in [1.54, 1.807) is 24.8 Å². The first-order chi connectivity index (χ1) is 16.6. The highest BCUT2D eigenvalue weighted by atomic mass is 32.1. The molecule has 6 nitrogen and oxygen atoms in total. The van der Waals surface area contributed by atoms with Crippen LogP contribution in [0.3, 0.4) is 0 Å². The number of fused-ring (bicyclic) bond motifs is 1. The fraction of sp³-hybridized carbons (Fsp3) is 0.296. The number of aryl methyl sites for hydroxylation is 2. The molecule has 0 saturated carbocycles. The van der Waals surface area contributed by atoms with E-state index in [0.29, 0.717) is 13.1 Å². The first-order valence-corrected chi connectivity index (χ1v) is 12.4. The number of aromatic nitrogens is 2. The molecule has 0 atom stereocenters. The molecular weight excluding hydrogens is 444 g/mol. The highest BCUT2D eigenvalue weighted by Crippen LogP contribution is 2.31. The zero-order valence-electron chi connectivity index (χ0n) is 19.7. The van der Waals surface area contributed by atoms with Crippen molar-refractivity contribution in [3.05, 3.63) is 70.9 Å². The fourth-order valence-electron chi connectivity index (χ4n) is 4.49. The lowest BCUT2D eigenvalue weighted by Crippen LogP contribution is -2.49. The molecule has 1 amide bonds. The summed E-state index contributed by atoms with van der Waals surface area (Å²) >= 11 is 1.73. The number of rotatable bonds is 5. The van der Waals surface area contributed by atoms with Gasteiger partial charge in [0, 0.05) is 36.6 Å². The summed E-state index contributed by atoms with van der Waals surface area (Å²) in [6, 6.07) is 16.2. The van der Waals surface area contributed by atoms with Crippen molar-refractivity contribution in [3.8, 4) is 16.9 Å². The van der Waals surface area contributed by atoms with Gasteiger partial charge in [0.25, 0.3) is 5.91 Å². The van der Waals surface area contributed by atoms with E-state index in [-0.39, 0.29) is 5.91 Å². The topological polar surface area (TPSA) is 58.6 Å². The molecule has 1 saturated heterocycles. The van der Waals surface area contributed by atoms with Crippen molar-refractivity contribution in [2.45, 2.75) is 20.3 Å². The molecule has 5 rings (SSSR count). The van der Waals surface area contributed by atoms with Gasteiger partial charge >= 0.3 is 0 Å². The summed E-state index contributed by atoms with van der Waals surface area (Å²) in [4.78, 5) is 28.7. The summed E-state index contributed by atoms with van der Waals surface area (Å²) in [7, 11) is 1.68. The number of benzene rings is 2. The van der Waals surface area contributed by atoms with Crippen molar-refractivity contribution in [1.29, 1.82) is 0 Å². The second-order valence-electron chi connectivity index (χ2n) is 8.52. The molecule has 0 bridgehead atoms. The van der Waals surface area contributed by atoms with Gasteiger partial charge in [-0.2, -0.15) is 0 Å². The van der Waals surface area contributed by atoms with E-state index in [1.165, 1.54) is 4.88 Å². The van der Waals surface area contributed by atoms with Crippen LogP contribution in [0.5, 0.6) is 5.75 Å². The van der Waals surface area contributed by atoms with Crippen LogP contribution in [0.2, 0.25) is 0 Å². The Hall–Kier alpha value is -3.45. The maximum atomic E-state index is 13.1. The van der Waals surface area contributed by atoms with Crippen molar-refractivity contribution in [1.82, 2.24) is 14.9 Å². The minimum atomic E-state index is 0.0775. The summed E-state index contributed by atoms with van der Waals surface area (Å²) in [5.41, 5.74) is 4.01. The summed E-state index contributed by atoms with van der Waals surface area (Å²) < 4.78 is 5.36. The number of amides is 1. The molecule has 1 aliphatic rings. The van der Waals surface area contributed by atoms with Crippen molar-refractivity contribution in [2.75, 3.05) is 38.2 Å². The van der Waals surface area contributed by atoms with E-state index in [4.69, 9.17) is 4.74 Å². The minimum absolute atomic E-state index is 0.0775. The number of piperazine rings is 1. The molecule has 0 N–H and O–H groups in total. The number of ether oxygens (including phenoxy) is 1. The van der Waals surface area contributed by atoms with Gasteiger partial charge in [-0.05, 0) is 60.4 Å². The number of hydrogen-bond acceptors (Lipinski definition) is 6. The molecule has 4 aromatic rings. The Balaban J connectivity index is 1.26. The molecule has 174 valence electrons. The second kappa shape index (κ2) is 9.43. The summed E-state index contributed by atoms with van der Waals surface area (Å²) in [5.74, 6) is 1.93. The SMILES string of the molecule is CCc1cc2c(N3CCN(C(=O)c4ccc(-c5ccc(OC)c(C)c5)cc4)CC3)ncnc2s1. The van der Waals surface area contributed by atoms with Crippen molar-refractivity contribution in [2.24, 2.45) is 0 Å². The van der Waals surface area contributed by atoms with Crippen LogP contribution in [-0.2, 0) is 6.42 Å². The Kier molecular flexibility index (Phi) is 6.20. The van der Waals surface area contributed by atoms with E-state index in [9.17, 15) is 4.79 Å². The largest absolute Gasteiger partial charge is 0.496 e. The van der Waals surface area contributed by atoms with Gasteiger partial charge in [0.1, 0.15) is 22.7 Å². The average Bonchev–Trinajstić information content (AvgIpc) is 3.32. The fourth-order valence-corrected chi connectivity index (χ4v) is 5.42. The van der Waals surface area contributed by atoms with Gasteiger partial charge in [-0.3, -0.25) is 4.79 Å². The Morgan fingerprint density at radius 2 is 1.74 bits per heavy atom. The molecule has 1 fully saturated rings. The number of hydrogen-bond donors (Lipinski definition) is 0. The van der Waals surface area contributed by atoms with Crippen LogP contribution in [-0.4, -0.2) is 54.1 Å². The number of nitrogens with zero attached hydrogens (tertiary/aromatic N) is 4.